The summed E-state index contributed by atoms with van der Waals surface area (Å²) in [4.78, 5) is 27.8. The quantitative estimate of drug-likeness (QED) is 0.271. The van der Waals surface area contributed by atoms with E-state index in [4.69, 9.17) is 25.3 Å². The number of aliphatic hydroxyl groups excluding tert-OH is 1. The van der Waals surface area contributed by atoms with Crippen molar-refractivity contribution in [3.8, 4) is 5.75 Å². The Balaban J connectivity index is 1.80. The van der Waals surface area contributed by atoms with Crippen LogP contribution < -0.4 is 26.8 Å². The fourth-order valence-corrected chi connectivity index (χ4v) is 4.88. The maximum Gasteiger partial charge on any atom is 0.459 e. The molecule has 0 radical (unpaired) electrons. The van der Waals surface area contributed by atoms with E-state index in [2.05, 4.69) is 14.8 Å². The van der Waals surface area contributed by atoms with Gasteiger partial charge in [0.25, 0.3) is 0 Å². The summed E-state index contributed by atoms with van der Waals surface area (Å²) in [6.45, 7) is 2.46. The first-order chi connectivity index (χ1) is 16.0. The SMILES string of the molecule is COC(=O)C(C)NP(=O)(OCC1OC(n2ccc(N)nc2=O)C(C)(N)C1O)Oc1ccccc1. The molecule has 0 aliphatic carbocycles. The van der Waals surface area contributed by atoms with Gasteiger partial charge in [-0.3, -0.25) is 13.9 Å². The molecule has 34 heavy (non-hydrogen) atoms. The number of methoxy groups -OCH3 is 1. The van der Waals surface area contributed by atoms with Crippen molar-refractivity contribution in [1.82, 2.24) is 14.6 Å². The van der Waals surface area contributed by atoms with Crippen LogP contribution in [0.25, 0.3) is 0 Å². The minimum absolute atomic E-state index is 0.0169. The Morgan fingerprint density at radius 3 is 2.68 bits per heavy atom. The summed E-state index contributed by atoms with van der Waals surface area (Å²) in [6.07, 6.45) is -2.20. The molecule has 1 aromatic heterocycles. The van der Waals surface area contributed by atoms with Crippen molar-refractivity contribution in [2.75, 3.05) is 19.5 Å². The number of rotatable bonds is 9. The van der Waals surface area contributed by atoms with E-state index >= 15 is 0 Å². The number of nitrogens with one attached hydrogen (secondary N) is 1. The number of nitrogen functional groups attached to an aromatic ring is 1. The first kappa shape index (κ1) is 25.8. The third-order valence-corrected chi connectivity index (χ3v) is 6.86. The Hall–Kier alpha value is -2.80. The minimum Gasteiger partial charge on any atom is -0.468 e. The molecule has 0 bridgehead atoms. The summed E-state index contributed by atoms with van der Waals surface area (Å²) in [5.41, 5.74) is 9.64. The van der Waals surface area contributed by atoms with Crippen LogP contribution in [0.15, 0.2) is 47.4 Å². The van der Waals surface area contributed by atoms with E-state index in [-0.39, 0.29) is 11.6 Å². The van der Waals surface area contributed by atoms with Gasteiger partial charge in [-0.05, 0) is 32.0 Å². The number of ether oxygens (including phenoxy) is 2. The van der Waals surface area contributed by atoms with Crippen molar-refractivity contribution in [1.29, 1.82) is 0 Å². The molecule has 186 valence electrons. The topological polar surface area (TPSA) is 190 Å². The van der Waals surface area contributed by atoms with Crippen LogP contribution >= 0.6 is 7.75 Å². The van der Waals surface area contributed by atoms with Gasteiger partial charge in [-0.1, -0.05) is 18.2 Å². The zero-order valence-electron chi connectivity index (χ0n) is 18.9. The Kier molecular flexibility index (Phi) is 7.76. The highest BCUT2D eigenvalue weighted by atomic mass is 31.2. The smallest absolute Gasteiger partial charge is 0.459 e. The molecule has 2 heterocycles. The number of hydrogen-bond acceptors (Lipinski definition) is 11. The van der Waals surface area contributed by atoms with Gasteiger partial charge in [-0.15, -0.1) is 0 Å². The number of aromatic nitrogens is 2. The number of nitrogens with zero attached hydrogens (tertiary/aromatic N) is 2. The fourth-order valence-electron chi connectivity index (χ4n) is 3.38. The summed E-state index contributed by atoms with van der Waals surface area (Å²) >= 11 is 0. The highest BCUT2D eigenvalue weighted by Crippen LogP contribution is 2.46. The summed E-state index contributed by atoms with van der Waals surface area (Å²) in [5, 5.41) is 13.3. The number of para-hydroxylation sites is 1. The van der Waals surface area contributed by atoms with Crippen LogP contribution in [0.4, 0.5) is 5.82 Å². The summed E-state index contributed by atoms with van der Waals surface area (Å²) in [5.74, 6) is -0.463. The molecule has 14 heteroatoms. The monoisotopic (exact) mass is 497 g/mol. The van der Waals surface area contributed by atoms with Gasteiger partial charge < -0.3 is 30.6 Å². The van der Waals surface area contributed by atoms with Crippen LogP contribution in [-0.4, -0.2) is 58.1 Å². The molecule has 6 unspecified atom stereocenters. The summed E-state index contributed by atoms with van der Waals surface area (Å²) < 4.78 is 36.1. The van der Waals surface area contributed by atoms with Gasteiger partial charge in [0.15, 0.2) is 6.23 Å². The van der Waals surface area contributed by atoms with Gasteiger partial charge in [0.2, 0.25) is 0 Å². The third kappa shape index (κ3) is 5.63. The molecular formula is C20H28N5O8P. The highest BCUT2D eigenvalue weighted by Gasteiger charge is 2.52. The molecule has 0 saturated carbocycles. The summed E-state index contributed by atoms with van der Waals surface area (Å²) in [7, 11) is -2.99. The van der Waals surface area contributed by atoms with E-state index in [0.717, 1.165) is 4.57 Å². The van der Waals surface area contributed by atoms with E-state index in [1.807, 2.05) is 0 Å². The Morgan fingerprint density at radius 2 is 2.06 bits per heavy atom. The number of esters is 1. The number of anilines is 1. The standard InChI is InChI=1S/C20H28N5O8P/c1-12(17(27)30-3)24-34(29,33-13-7-5-4-6-8-13)31-11-14-16(26)20(2,22)18(32-14)25-10-9-15(21)23-19(25)28/h4-10,12,14,16,18,26H,11,22H2,1-3H3,(H,24,29)(H2,21,23,28). The van der Waals surface area contributed by atoms with Crippen LogP contribution in [0.1, 0.15) is 20.1 Å². The van der Waals surface area contributed by atoms with Crippen LogP contribution in [0.5, 0.6) is 5.75 Å². The van der Waals surface area contributed by atoms with Crippen LogP contribution in [0.3, 0.4) is 0 Å². The molecular weight excluding hydrogens is 469 g/mol. The average Bonchev–Trinajstić information content (AvgIpc) is 3.01. The maximum atomic E-state index is 13.5. The molecule has 0 amide bonds. The Labute approximate surface area is 195 Å². The molecule has 1 aromatic carbocycles. The number of nitrogens with two attached hydrogens (primary N) is 2. The molecule has 2 aromatic rings. The van der Waals surface area contributed by atoms with Crippen molar-refractivity contribution >= 4 is 19.5 Å². The number of hydrogen-bond donors (Lipinski definition) is 4. The van der Waals surface area contributed by atoms with E-state index in [9.17, 15) is 19.3 Å². The molecule has 1 aliphatic heterocycles. The van der Waals surface area contributed by atoms with Crippen molar-refractivity contribution in [3.05, 3.63) is 53.1 Å². The average molecular weight is 497 g/mol. The van der Waals surface area contributed by atoms with E-state index in [1.165, 1.54) is 33.2 Å². The van der Waals surface area contributed by atoms with E-state index in [1.54, 1.807) is 30.3 Å². The molecule has 6 N–H and O–H groups in total. The predicted octanol–water partition coefficient (Wildman–Crippen LogP) is 0.156. The maximum absolute atomic E-state index is 13.5. The molecule has 3 rings (SSSR count). The van der Waals surface area contributed by atoms with Crippen LogP contribution in [0, 0.1) is 0 Å². The van der Waals surface area contributed by atoms with E-state index < -0.39 is 56.0 Å². The lowest BCUT2D eigenvalue weighted by atomic mass is 9.93. The Bertz CT molecular complexity index is 1110. The van der Waals surface area contributed by atoms with Crippen molar-refractivity contribution in [2.45, 2.75) is 43.9 Å². The normalized spacial score (nSPS) is 27.0. The van der Waals surface area contributed by atoms with Crippen molar-refractivity contribution < 1.29 is 33.0 Å². The third-order valence-electron chi connectivity index (χ3n) is 5.21. The second kappa shape index (κ2) is 10.2. The van der Waals surface area contributed by atoms with Gasteiger partial charge in [0.05, 0.1) is 19.3 Å². The molecule has 1 aliphatic rings. The second-order valence-electron chi connectivity index (χ2n) is 7.95. The van der Waals surface area contributed by atoms with E-state index in [0.29, 0.717) is 0 Å². The van der Waals surface area contributed by atoms with Crippen LogP contribution in [-0.2, 0) is 23.4 Å². The number of aliphatic hydroxyl groups is 1. The molecule has 1 saturated heterocycles. The van der Waals surface area contributed by atoms with Gasteiger partial charge in [0, 0.05) is 6.20 Å². The van der Waals surface area contributed by atoms with Crippen molar-refractivity contribution in [3.63, 3.8) is 0 Å². The first-order valence-electron chi connectivity index (χ1n) is 10.3. The Morgan fingerprint density at radius 1 is 1.38 bits per heavy atom. The molecule has 13 nitrogen and oxygen atoms in total. The van der Waals surface area contributed by atoms with Gasteiger partial charge in [-0.25, -0.2) is 9.36 Å². The van der Waals surface area contributed by atoms with Crippen LogP contribution in [0.2, 0.25) is 0 Å². The molecule has 1 fully saturated rings. The number of benzene rings is 1. The minimum atomic E-state index is -4.17. The lowest BCUT2D eigenvalue weighted by molar-refractivity contribution is -0.142. The van der Waals surface area contributed by atoms with Gasteiger partial charge in [0.1, 0.15) is 29.8 Å². The first-order valence-corrected chi connectivity index (χ1v) is 11.8. The highest BCUT2D eigenvalue weighted by molar-refractivity contribution is 7.52. The molecule has 0 spiro atoms. The zero-order chi connectivity index (χ0) is 25.1. The number of carbonyl (C=O) groups excluding carboxylic acids is 1. The van der Waals surface area contributed by atoms with Crippen molar-refractivity contribution in [2.24, 2.45) is 5.73 Å². The zero-order valence-corrected chi connectivity index (χ0v) is 19.8. The number of carbonyl (C=O) groups is 1. The van der Waals surface area contributed by atoms with Gasteiger partial charge in [-0.2, -0.15) is 10.1 Å². The second-order valence-corrected chi connectivity index (χ2v) is 9.65. The molecule has 6 atom stereocenters. The largest absolute Gasteiger partial charge is 0.468 e. The lowest BCUT2D eigenvalue weighted by Gasteiger charge is -2.28. The lowest BCUT2D eigenvalue weighted by Crippen LogP contribution is -2.53. The predicted molar refractivity (Wildman–Crippen MR) is 121 cm³/mol. The fraction of sp³-hybridized carbons (Fsp3) is 0.450. The summed E-state index contributed by atoms with van der Waals surface area (Å²) in [6, 6.07) is 8.51. The van der Waals surface area contributed by atoms with Gasteiger partial charge >= 0.3 is 19.4 Å².